The number of aryl methyl sites for hydroxylation is 1. The summed E-state index contributed by atoms with van der Waals surface area (Å²) >= 11 is 0. The summed E-state index contributed by atoms with van der Waals surface area (Å²) in [5.41, 5.74) is 2.32. The van der Waals surface area contributed by atoms with E-state index in [9.17, 15) is 0 Å². The number of nitrogens with zero attached hydrogens (tertiary/aromatic N) is 2. The number of guanidine groups is 1. The Balaban J connectivity index is 1.53. The van der Waals surface area contributed by atoms with E-state index in [4.69, 9.17) is 19.2 Å². The molecule has 2 aliphatic rings. The molecule has 0 spiro atoms. The van der Waals surface area contributed by atoms with Crippen molar-refractivity contribution in [3.63, 3.8) is 0 Å². The zero-order valence-electron chi connectivity index (χ0n) is 19.5. The molecule has 0 aromatic heterocycles. The fraction of sp³-hybridized carbons (Fsp3) is 0.708. The van der Waals surface area contributed by atoms with E-state index >= 15 is 0 Å². The summed E-state index contributed by atoms with van der Waals surface area (Å²) in [6, 6.07) is 6.37. The van der Waals surface area contributed by atoms with E-state index in [1.165, 1.54) is 5.56 Å². The first-order chi connectivity index (χ1) is 15.1. The second-order valence-electron chi connectivity index (χ2n) is 8.75. The first-order valence-corrected chi connectivity index (χ1v) is 11.8. The van der Waals surface area contributed by atoms with E-state index in [-0.39, 0.29) is 0 Å². The summed E-state index contributed by atoms with van der Waals surface area (Å²) < 4.78 is 17.1. The Morgan fingerprint density at radius 3 is 2.81 bits per heavy atom. The highest BCUT2D eigenvalue weighted by molar-refractivity contribution is 5.79. The number of nitrogens with one attached hydrogen (secondary N) is 2. The topological polar surface area (TPSA) is 67.4 Å². The molecule has 1 aromatic rings. The molecule has 0 radical (unpaired) electrons. The molecule has 0 saturated carbocycles. The van der Waals surface area contributed by atoms with Gasteiger partial charge >= 0.3 is 0 Å². The molecule has 2 atom stereocenters. The summed E-state index contributed by atoms with van der Waals surface area (Å²) in [5.74, 6) is 2.82. The molecule has 2 heterocycles. The normalized spacial score (nSPS) is 21.1. The van der Waals surface area contributed by atoms with Crippen molar-refractivity contribution in [2.75, 3.05) is 65.8 Å². The zero-order chi connectivity index (χ0) is 21.9. The largest absolute Gasteiger partial charge is 0.493 e. The van der Waals surface area contributed by atoms with Crippen LogP contribution in [0.1, 0.15) is 31.4 Å². The fourth-order valence-electron chi connectivity index (χ4n) is 3.92. The van der Waals surface area contributed by atoms with Crippen molar-refractivity contribution in [1.82, 2.24) is 15.5 Å². The molecule has 2 saturated heterocycles. The van der Waals surface area contributed by atoms with Crippen molar-refractivity contribution in [3.8, 4) is 5.75 Å². The Kier molecular flexibility index (Phi) is 9.90. The lowest BCUT2D eigenvalue weighted by Crippen LogP contribution is -2.44. The maximum absolute atomic E-state index is 6.17. The second-order valence-corrected chi connectivity index (χ2v) is 8.75. The van der Waals surface area contributed by atoms with Gasteiger partial charge in [0.15, 0.2) is 5.96 Å². The lowest BCUT2D eigenvalue weighted by molar-refractivity contribution is 0.0320. The van der Waals surface area contributed by atoms with Crippen molar-refractivity contribution >= 4 is 5.96 Å². The van der Waals surface area contributed by atoms with Crippen LogP contribution in [0.4, 0.5) is 0 Å². The van der Waals surface area contributed by atoms with Crippen molar-refractivity contribution in [2.45, 2.75) is 33.7 Å². The first-order valence-electron chi connectivity index (χ1n) is 11.8. The Bertz CT molecular complexity index is 685. The lowest BCUT2D eigenvalue weighted by atomic mass is 10.1. The molecule has 0 amide bonds. The zero-order valence-corrected chi connectivity index (χ0v) is 19.5. The minimum Gasteiger partial charge on any atom is -0.493 e. The quantitative estimate of drug-likeness (QED) is 0.437. The second kappa shape index (κ2) is 12.9. The Labute approximate surface area is 187 Å². The SMILES string of the molecule is CCNC(=NCc1ccc(C)cc1OCC1CCOC1)NCC(C)CN1CCOCC1. The van der Waals surface area contributed by atoms with Gasteiger partial charge in [-0.3, -0.25) is 4.90 Å². The van der Waals surface area contributed by atoms with Crippen molar-refractivity contribution in [1.29, 1.82) is 0 Å². The number of hydrogen-bond acceptors (Lipinski definition) is 5. The van der Waals surface area contributed by atoms with Crippen LogP contribution in [0.15, 0.2) is 23.2 Å². The number of morpholine rings is 1. The Morgan fingerprint density at radius 1 is 1.23 bits per heavy atom. The average molecular weight is 433 g/mol. The van der Waals surface area contributed by atoms with Gasteiger partial charge in [-0.15, -0.1) is 0 Å². The van der Waals surface area contributed by atoms with Crippen LogP contribution in [0, 0.1) is 18.8 Å². The van der Waals surface area contributed by atoms with Crippen LogP contribution in [0.2, 0.25) is 0 Å². The van der Waals surface area contributed by atoms with Gasteiger partial charge in [0.25, 0.3) is 0 Å². The van der Waals surface area contributed by atoms with Gasteiger partial charge in [0.2, 0.25) is 0 Å². The maximum Gasteiger partial charge on any atom is 0.191 e. The lowest BCUT2D eigenvalue weighted by Gasteiger charge is -2.29. The van der Waals surface area contributed by atoms with Crippen LogP contribution < -0.4 is 15.4 Å². The van der Waals surface area contributed by atoms with Gasteiger partial charge in [-0.25, -0.2) is 4.99 Å². The molecule has 2 fully saturated rings. The van der Waals surface area contributed by atoms with Crippen molar-refractivity contribution < 1.29 is 14.2 Å². The fourth-order valence-corrected chi connectivity index (χ4v) is 3.92. The third-order valence-electron chi connectivity index (χ3n) is 5.76. The van der Waals surface area contributed by atoms with Crippen LogP contribution >= 0.6 is 0 Å². The monoisotopic (exact) mass is 432 g/mol. The van der Waals surface area contributed by atoms with E-state index in [0.29, 0.717) is 25.0 Å². The predicted octanol–water partition coefficient (Wildman–Crippen LogP) is 2.43. The minimum absolute atomic E-state index is 0.490. The van der Waals surface area contributed by atoms with Crippen molar-refractivity contribution in [2.24, 2.45) is 16.8 Å². The van der Waals surface area contributed by atoms with Gasteiger partial charge in [-0.1, -0.05) is 19.1 Å². The predicted molar refractivity (Wildman–Crippen MR) is 125 cm³/mol. The molecule has 3 rings (SSSR count). The molecule has 2 unspecified atom stereocenters. The van der Waals surface area contributed by atoms with Crippen LogP contribution in [-0.4, -0.2) is 76.6 Å². The first kappa shape index (κ1) is 23.8. The van der Waals surface area contributed by atoms with Gasteiger partial charge in [-0.2, -0.15) is 0 Å². The highest BCUT2D eigenvalue weighted by Crippen LogP contribution is 2.23. The van der Waals surface area contributed by atoms with Gasteiger partial charge in [0.05, 0.1) is 33.0 Å². The molecular weight excluding hydrogens is 392 g/mol. The molecular formula is C24H40N4O3. The van der Waals surface area contributed by atoms with Crippen LogP contribution in [0.3, 0.4) is 0 Å². The van der Waals surface area contributed by atoms with Crippen molar-refractivity contribution in [3.05, 3.63) is 29.3 Å². The molecule has 7 heteroatoms. The summed E-state index contributed by atoms with van der Waals surface area (Å²) in [5, 5.41) is 6.88. The summed E-state index contributed by atoms with van der Waals surface area (Å²) in [7, 11) is 0. The number of benzene rings is 1. The van der Waals surface area contributed by atoms with E-state index < -0.39 is 0 Å². The molecule has 2 aliphatic heterocycles. The summed E-state index contributed by atoms with van der Waals surface area (Å²) in [6.45, 7) is 16.0. The minimum atomic E-state index is 0.490. The van der Waals surface area contributed by atoms with Gasteiger partial charge in [0, 0.05) is 50.8 Å². The van der Waals surface area contributed by atoms with E-state index in [1.54, 1.807) is 0 Å². The molecule has 2 N–H and O–H groups in total. The van der Waals surface area contributed by atoms with E-state index in [1.807, 2.05) is 0 Å². The average Bonchev–Trinajstić information content (AvgIpc) is 3.29. The number of aliphatic imine (C=N–C) groups is 1. The molecule has 1 aromatic carbocycles. The van der Waals surface area contributed by atoms with Crippen LogP contribution in [0.5, 0.6) is 5.75 Å². The standard InChI is InChI=1S/C24H40N4O3/c1-4-25-24(26-14-20(3)16-28-8-11-29-12-9-28)27-15-22-6-5-19(2)13-23(22)31-18-21-7-10-30-17-21/h5-6,13,20-21H,4,7-12,14-18H2,1-3H3,(H2,25,26,27). The molecule has 174 valence electrons. The van der Waals surface area contributed by atoms with Crippen LogP contribution in [-0.2, 0) is 16.0 Å². The number of hydrogen-bond donors (Lipinski definition) is 2. The summed E-state index contributed by atoms with van der Waals surface area (Å²) in [4.78, 5) is 7.31. The number of rotatable bonds is 10. The maximum atomic E-state index is 6.17. The highest BCUT2D eigenvalue weighted by atomic mass is 16.5. The molecule has 7 nitrogen and oxygen atoms in total. The van der Waals surface area contributed by atoms with Crippen LogP contribution in [0.25, 0.3) is 0 Å². The van der Waals surface area contributed by atoms with Gasteiger partial charge in [0.1, 0.15) is 5.75 Å². The number of ether oxygens (including phenoxy) is 3. The summed E-state index contributed by atoms with van der Waals surface area (Å²) in [6.07, 6.45) is 1.08. The van der Waals surface area contributed by atoms with Gasteiger partial charge in [-0.05, 0) is 37.8 Å². The smallest absolute Gasteiger partial charge is 0.191 e. The van der Waals surface area contributed by atoms with Gasteiger partial charge < -0.3 is 24.8 Å². The molecule has 0 aliphatic carbocycles. The Hall–Kier alpha value is -1.83. The highest BCUT2D eigenvalue weighted by Gasteiger charge is 2.17. The molecule has 0 bridgehead atoms. The molecule has 31 heavy (non-hydrogen) atoms. The van der Waals surface area contributed by atoms with E-state index in [0.717, 1.165) is 82.8 Å². The third-order valence-corrected chi connectivity index (χ3v) is 5.76. The Morgan fingerprint density at radius 2 is 2.06 bits per heavy atom. The van der Waals surface area contributed by atoms with E-state index in [2.05, 4.69) is 54.5 Å². The third kappa shape index (κ3) is 8.31.